The zero-order valence-corrected chi connectivity index (χ0v) is 13.3. The lowest BCUT2D eigenvalue weighted by Gasteiger charge is -2.23. The molecule has 1 atom stereocenters. The fraction of sp³-hybridized carbons (Fsp3) is 0.769. The van der Waals surface area contributed by atoms with Crippen molar-refractivity contribution in [2.75, 3.05) is 47.7 Å². The molecule has 1 aliphatic heterocycles. The first kappa shape index (κ1) is 15.2. The topological polar surface area (TPSA) is 66.0 Å². The average Bonchev–Trinajstić information content (AvgIpc) is 2.46. The quantitative estimate of drug-likeness (QED) is 0.833. The molecule has 1 aromatic heterocycles. The van der Waals surface area contributed by atoms with Gasteiger partial charge in [-0.05, 0) is 25.0 Å². The van der Waals surface area contributed by atoms with Gasteiger partial charge in [-0.15, -0.1) is 0 Å². The minimum absolute atomic E-state index is 0.463. The van der Waals surface area contributed by atoms with Crippen LogP contribution in [0.25, 0.3) is 0 Å². The zero-order valence-electron chi connectivity index (χ0n) is 12.5. The van der Waals surface area contributed by atoms with Gasteiger partial charge in [0.15, 0.2) is 0 Å². The average molecular weight is 296 g/mol. The molecular formula is C13H24N6S. The van der Waals surface area contributed by atoms with Gasteiger partial charge in [-0.3, -0.25) is 0 Å². The predicted molar refractivity (Wildman–Crippen MR) is 86.9 cm³/mol. The Morgan fingerprint density at radius 1 is 1.25 bits per heavy atom. The number of aromatic nitrogens is 3. The van der Waals surface area contributed by atoms with E-state index in [4.69, 9.17) is 0 Å². The number of nitrogens with one attached hydrogen (secondary N) is 2. The van der Waals surface area contributed by atoms with Gasteiger partial charge >= 0.3 is 0 Å². The van der Waals surface area contributed by atoms with Crippen LogP contribution in [0.1, 0.15) is 26.2 Å². The standard InChI is InChI=1S/C13H24N6S/c1-4-7-14-11-16-12(18-13(17-11)19(2)3)15-10-6-5-8-20-9-10/h10H,4-9H2,1-3H3,(H2,14,15,16,17,18). The Kier molecular flexibility index (Phi) is 5.70. The second-order valence-electron chi connectivity index (χ2n) is 5.16. The molecule has 112 valence electrons. The van der Waals surface area contributed by atoms with Crippen molar-refractivity contribution in [2.45, 2.75) is 32.2 Å². The van der Waals surface area contributed by atoms with Gasteiger partial charge < -0.3 is 15.5 Å². The summed E-state index contributed by atoms with van der Waals surface area (Å²) in [6.45, 7) is 3.00. The maximum absolute atomic E-state index is 4.48. The van der Waals surface area contributed by atoms with E-state index >= 15 is 0 Å². The van der Waals surface area contributed by atoms with Gasteiger partial charge in [0.1, 0.15) is 0 Å². The summed E-state index contributed by atoms with van der Waals surface area (Å²) >= 11 is 1.99. The van der Waals surface area contributed by atoms with Crippen LogP contribution in [0.4, 0.5) is 17.8 Å². The Hall–Kier alpha value is -1.24. The lowest BCUT2D eigenvalue weighted by Crippen LogP contribution is -2.27. The summed E-state index contributed by atoms with van der Waals surface area (Å²) in [5, 5.41) is 6.68. The van der Waals surface area contributed by atoms with E-state index in [0.717, 1.165) is 18.7 Å². The fourth-order valence-corrected chi connectivity index (χ4v) is 3.05. The number of hydrogen-bond donors (Lipinski definition) is 2. The Morgan fingerprint density at radius 2 is 2.05 bits per heavy atom. The number of hydrogen-bond acceptors (Lipinski definition) is 7. The summed E-state index contributed by atoms with van der Waals surface area (Å²) in [4.78, 5) is 15.3. The Morgan fingerprint density at radius 3 is 2.70 bits per heavy atom. The summed E-state index contributed by atoms with van der Waals surface area (Å²) < 4.78 is 0. The summed E-state index contributed by atoms with van der Waals surface area (Å²) in [5.41, 5.74) is 0. The SMILES string of the molecule is CCCNc1nc(NC2CCCSC2)nc(N(C)C)n1. The first-order chi connectivity index (χ1) is 9.69. The Labute approximate surface area is 125 Å². The van der Waals surface area contributed by atoms with Gasteiger partial charge in [-0.1, -0.05) is 6.92 Å². The van der Waals surface area contributed by atoms with Crippen molar-refractivity contribution < 1.29 is 0 Å². The van der Waals surface area contributed by atoms with E-state index in [0.29, 0.717) is 23.9 Å². The highest BCUT2D eigenvalue weighted by Crippen LogP contribution is 2.20. The number of thioether (sulfide) groups is 1. The fourth-order valence-electron chi connectivity index (χ4n) is 1.98. The van der Waals surface area contributed by atoms with Gasteiger partial charge in [-0.25, -0.2) is 0 Å². The molecule has 1 aromatic rings. The highest BCUT2D eigenvalue weighted by molar-refractivity contribution is 7.99. The molecule has 1 saturated heterocycles. The van der Waals surface area contributed by atoms with Crippen LogP contribution in [-0.2, 0) is 0 Å². The van der Waals surface area contributed by atoms with Crippen molar-refractivity contribution in [2.24, 2.45) is 0 Å². The molecule has 7 heteroatoms. The second-order valence-corrected chi connectivity index (χ2v) is 6.31. The smallest absolute Gasteiger partial charge is 0.231 e. The minimum Gasteiger partial charge on any atom is -0.354 e. The van der Waals surface area contributed by atoms with Crippen LogP contribution in [0.3, 0.4) is 0 Å². The van der Waals surface area contributed by atoms with Crippen molar-refractivity contribution in [1.29, 1.82) is 0 Å². The largest absolute Gasteiger partial charge is 0.354 e. The monoisotopic (exact) mass is 296 g/mol. The zero-order chi connectivity index (χ0) is 14.4. The third kappa shape index (κ3) is 4.40. The van der Waals surface area contributed by atoms with Crippen molar-refractivity contribution in [1.82, 2.24) is 15.0 Å². The first-order valence-electron chi connectivity index (χ1n) is 7.20. The van der Waals surface area contributed by atoms with Crippen LogP contribution >= 0.6 is 11.8 Å². The molecule has 0 amide bonds. The van der Waals surface area contributed by atoms with Crippen molar-refractivity contribution >= 4 is 29.6 Å². The summed E-state index contributed by atoms with van der Waals surface area (Å²) in [5.74, 6) is 4.40. The molecule has 1 aliphatic rings. The van der Waals surface area contributed by atoms with Gasteiger partial charge in [0.25, 0.3) is 0 Å². The lowest BCUT2D eigenvalue weighted by atomic mass is 10.2. The van der Waals surface area contributed by atoms with Crippen LogP contribution in [0.15, 0.2) is 0 Å². The van der Waals surface area contributed by atoms with E-state index in [2.05, 4.69) is 32.5 Å². The van der Waals surface area contributed by atoms with Crippen LogP contribution in [0.2, 0.25) is 0 Å². The maximum atomic E-state index is 4.48. The molecular weight excluding hydrogens is 272 g/mol. The van der Waals surface area contributed by atoms with Crippen LogP contribution in [0.5, 0.6) is 0 Å². The predicted octanol–water partition coefficient (Wildman–Crippen LogP) is 2.07. The molecule has 1 fully saturated rings. The maximum Gasteiger partial charge on any atom is 0.231 e. The molecule has 2 N–H and O–H groups in total. The van der Waals surface area contributed by atoms with Crippen LogP contribution in [0, 0.1) is 0 Å². The molecule has 0 aliphatic carbocycles. The Balaban J connectivity index is 2.10. The van der Waals surface area contributed by atoms with Crippen LogP contribution in [-0.4, -0.2) is 53.1 Å². The summed E-state index contributed by atoms with van der Waals surface area (Å²) in [6.07, 6.45) is 3.49. The Bertz CT molecular complexity index is 419. The first-order valence-corrected chi connectivity index (χ1v) is 8.36. The van der Waals surface area contributed by atoms with Crippen molar-refractivity contribution in [3.8, 4) is 0 Å². The van der Waals surface area contributed by atoms with E-state index in [1.165, 1.54) is 18.6 Å². The molecule has 0 radical (unpaired) electrons. The van der Waals surface area contributed by atoms with Gasteiger partial charge in [0.05, 0.1) is 0 Å². The molecule has 0 spiro atoms. The summed E-state index contributed by atoms with van der Waals surface area (Å²) in [7, 11) is 3.89. The van der Waals surface area contributed by atoms with Crippen LogP contribution < -0.4 is 15.5 Å². The van der Waals surface area contributed by atoms with Crippen molar-refractivity contribution in [3.05, 3.63) is 0 Å². The van der Waals surface area contributed by atoms with E-state index < -0.39 is 0 Å². The number of anilines is 3. The van der Waals surface area contributed by atoms with E-state index in [9.17, 15) is 0 Å². The third-order valence-corrected chi connectivity index (χ3v) is 4.27. The summed E-state index contributed by atoms with van der Waals surface area (Å²) in [6, 6.07) is 0.463. The third-order valence-electron chi connectivity index (χ3n) is 3.05. The minimum atomic E-state index is 0.463. The van der Waals surface area contributed by atoms with Gasteiger partial charge in [-0.2, -0.15) is 26.7 Å². The molecule has 2 heterocycles. The molecule has 0 aromatic carbocycles. The number of rotatable bonds is 6. The number of nitrogens with zero attached hydrogens (tertiary/aromatic N) is 4. The molecule has 1 unspecified atom stereocenters. The molecule has 6 nitrogen and oxygen atoms in total. The van der Waals surface area contributed by atoms with E-state index in [1.54, 1.807) is 0 Å². The normalized spacial score (nSPS) is 18.6. The highest BCUT2D eigenvalue weighted by Gasteiger charge is 2.16. The highest BCUT2D eigenvalue weighted by atomic mass is 32.2. The van der Waals surface area contributed by atoms with E-state index in [1.807, 2.05) is 30.8 Å². The van der Waals surface area contributed by atoms with Gasteiger partial charge in [0, 0.05) is 32.4 Å². The molecule has 20 heavy (non-hydrogen) atoms. The lowest BCUT2D eigenvalue weighted by molar-refractivity contribution is 0.678. The van der Waals surface area contributed by atoms with E-state index in [-0.39, 0.29) is 0 Å². The van der Waals surface area contributed by atoms with Crippen molar-refractivity contribution in [3.63, 3.8) is 0 Å². The second kappa shape index (κ2) is 7.52. The van der Waals surface area contributed by atoms with Gasteiger partial charge in [0.2, 0.25) is 17.8 Å². The molecule has 2 rings (SSSR count). The molecule has 0 saturated carbocycles. The molecule has 0 bridgehead atoms.